The molecule has 4 aliphatic carbocycles. The lowest BCUT2D eigenvalue weighted by atomic mass is 9.37. The van der Waals surface area contributed by atoms with Crippen molar-refractivity contribution >= 4 is 0 Å². The number of nitrogens with two attached hydrogens (primary N) is 1. The molecule has 212 valence electrons. The Labute approximate surface area is 180 Å². The van der Waals surface area contributed by atoms with E-state index in [1.807, 2.05) is 0 Å². The topological polar surface area (TPSA) is 35.2 Å². The van der Waals surface area contributed by atoms with Gasteiger partial charge in [0.05, 0.1) is 0 Å². The molecule has 0 heterocycles. The zero-order chi connectivity index (χ0) is 29.2. The highest BCUT2D eigenvalue weighted by Gasteiger charge is 3.25. The van der Waals surface area contributed by atoms with Crippen LogP contribution in [0.3, 0.4) is 0 Å². The lowest BCUT2D eigenvalue weighted by Gasteiger charge is -2.76. The molecule has 36 heavy (non-hydrogen) atoms. The maximum absolute atomic E-state index is 15.3. The van der Waals surface area contributed by atoms with Crippen LogP contribution in [0.15, 0.2) is 0 Å². The van der Waals surface area contributed by atoms with Gasteiger partial charge in [-0.25, -0.2) is 17.6 Å². The van der Waals surface area contributed by atoms with Gasteiger partial charge in [-0.2, -0.15) is 74.6 Å². The minimum absolute atomic E-state index is 1.56. The molecule has 4 aliphatic rings. The predicted molar refractivity (Wildman–Crippen MR) is 64.0 cm³/mol. The summed E-state index contributed by atoms with van der Waals surface area (Å²) in [6, 6.07) is -6.98. The fraction of sp³-hybridized carbons (Fsp3) is 1.00. The first-order valence-electron chi connectivity index (χ1n) is 8.17. The van der Waals surface area contributed by atoms with Gasteiger partial charge in [-0.1, -0.05) is 0 Å². The van der Waals surface area contributed by atoms with Crippen LogP contribution in [0.1, 0.15) is 0 Å². The molecule has 4 bridgehead atoms. The Kier molecular flexibility index (Phi) is 4.73. The molecule has 2 N–H and O–H groups in total. The summed E-state index contributed by atoms with van der Waals surface area (Å²) in [6.45, 7) is 0. The largest absolute Gasteiger partial charge is 0.435 e. The number of halogens is 21. The van der Waals surface area contributed by atoms with Gasteiger partial charge in [0.1, 0.15) is 0 Å². The molecule has 0 atom stereocenters. The second kappa shape index (κ2) is 5.87. The Balaban J connectivity index is 2.78. The average molecular weight is 587 g/mol. The van der Waals surface area contributed by atoms with Crippen molar-refractivity contribution in [3.8, 4) is 0 Å². The Bertz CT molecular complexity index is 903. The van der Waals surface area contributed by atoms with E-state index in [9.17, 15) is 83.4 Å². The summed E-state index contributed by atoms with van der Waals surface area (Å²) in [4.78, 5) is 0. The standard InChI is InChI=1S/C13H2F21NO/c14-1-5(11(28,29)30,36-13(33,34)12(31,32)35)2(15)8(22,23)3(16,6(1,18)19)10(26,27)4(17,7(1,20)21)9(2,24)25/h35H2. The maximum atomic E-state index is 15.3. The van der Waals surface area contributed by atoms with Crippen molar-refractivity contribution in [2.24, 2.45) is 5.73 Å². The second-order valence-electron chi connectivity index (χ2n) is 7.93. The molecule has 0 radical (unpaired) electrons. The fourth-order valence-electron chi connectivity index (χ4n) is 4.74. The summed E-state index contributed by atoms with van der Waals surface area (Å²) in [7, 11) is 0. The molecule has 4 rings (SSSR count). The predicted octanol–water partition coefficient (Wildman–Crippen LogP) is 5.50. The molecular weight excluding hydrogens is 585 g/mol. The number of rotatable bonds is 3. The van der Waals surface area contributed by atoms with Crippen LogP contribution in [0, 0.1) is 0 Å². The van der Waals surface area contributed by atoms with E-state index in [0.717, 1.165) is 0 Å². The van der Waals surface area contributed by atoms with E-state index in [-0.39, 0.29) is 0 Å². The van der Waals surface area contributed by atoms with Crippen LogP contribution in [0.5, 0.6) is 0 Å². The quantitative estimate of drug-likeness (QED) is 0.350. The first-order valence-corrected chi connectivity index (χ1v) is 8.17. The normalized spacial score (nSPS) is 46.2. The number of ether oxygens (including phenoxy) is 1. The van der Waals surface area contributed by atoms with Gasteiger partial charge in [-0.05, 0) is 0 Å². The van der Waals surface area contributed by atoms with Crippen molar-refractivity contribution in [2.45, 2.75) is 76.2 Å². The third-order valence-corrected chi connectivity index (χ3v) is 6.37. The van der Waals surface area contributed by atoms with E-state index >= 15 is 8.78 Å². The van der Waals surface area contributed by atoms with Crippen LogP contribution < -0.4 is 5.73 Å². The van der Waals surface area contributed by atoms with Gasteiger partial charge in [0.15, 0.2) is 0 Å². The summed E-state index contributed by atoms with van der Waals surface area (Å²) in [5.41, 5.74) is -40.2. The third-order valence-electron chi connectivity index (χ3n) is 6.37. The van der Waals surface area contributed by atoms with Gasteiger partial charge in [0, 0.05) is 0 Å². The summed E-state index contributed by atoms with van der Waals surface area (Å²) in [5, 5.41) is 0. The highest BCUT2D eigenvalue weighted by Crippen LogP contribution is 2.90. The van der Waals surface area contributed by atoms with Gasteiger partial charge in [0.25, 0.3) is 16.9 Å². The van der Waals surface area contributed by atoms with Crippen LogP contribution in [-0.4, -0.2) is 76.2 Å². The van der Waals surface area contributed by atoms with E-state index < -0.39 is 76.2 Å². The molecule has 4 fully saturated rings. The minimum atomic E-state index is -8.85. The van der Waals surface area contributed by atoms with E-state index in [2.05, 4.69) is 5.73 Å². The van der Waals surface area contributed by atoms with Crippen LogP contribution in [0.25, 0.3) is 0 Å². The minimum Gasteiger partial charge on any atom is -0.290 e. The molecule has 0 aromatic heterocycles. The summed E-state index contributed by atoms with van der Waals surface area (Å²) in [6.07, 6.45) is -16.5. The maximum Gasteiger partial charge on any atom is 0.435 e. The van der Waals surface area contributed by atoms with Gasteiger partial charge in [0.2, 0.25) is 0 Å². The van der Waals surface area contributed by atoms with Crippen molar-refractivity contribution in [2.75, 3.05) is 0 Å². The molecule has 0 aliphatic heterocycles. The van der Waals surface area contributed by atoms with Crippen molar-refractivity contribution < 1.29 is 96.9 Å². The van der Waals surface area contributed by atoms with Gasteiger partial charge >= 0.3 is 59.3 Å². The average Bonchev–Trinajstić information content (AvgIpc) is 2.63. The molecule has 23 heteroatoms. The summed E-state index contributed by atoms with van der Waals surface area (Å²) < 4.78 is 299. The van der Waals surface area contributed by atoms with E-state index in [4.69, 9.17) is 0 Å². The molecule has 0 unspecified atom stereocenters. The van der Waals surface area contributed by atoms with Gasteiger partial charge < -0.3 is 0 Å². The highest BCUT2D eigenvalue weighted by atomic mass is 19.4. The lowest BCUT2D eigenvalue weighted by molar-refractivity contribution is -0.633. The molecule has 0 saturated heterocycles. The second-order valence-corrected chi connectivity index (χ2v) is 7.93. The Hall–Kier alpha value is -1.55. The number of alkyl halides is 21. The molecule has 0 amide bonds. The summed E-state index contributed by atoms with van der Waals surface area (Å²) >= 11 is 0. The van der Waals surface area contributed by atoms with Crippen LogP contribution in [0.4, 0.5) is 92.2 Å². The first-order chi connectivity index (χ1) is 15.2. The molecule has 2 nitrogen and oxygen atoms in total. The fourth-order valence-corrected chi connectivity index (χ4v) is 4.74. The van der Waals surface area contributed by atoms with Crippen LogP contribution in [0.2, 0.25) is 0 Å². The summed E-state index contributed by atoms with van der Waals surface area (Å²) in [5.74, 6) is -43.3. The Morgan fingerprint density at radius 2 is 0.639 bits per heavy atom. The lowest BCUT2D eigenvalue weighted by Crippen LogP contribution is -3.11. The molecule has 0 spiro atoms. The van der Waals surface area contributed by atoms with Crippen LogP contribution in [-0.2, 0) is 4.74 Å². The van der Waals surface area contributed by atoms with Gasteiger partial charge in [-0.15, -0.1) is 0 Å². The van der Waals surface area contributed by atoms with Crippen molar-refractivity contribution in [1.82, 2.24) is 0 Å². The molecule has 0 aromatic carbocycles. The number of hydrogen-bond donors (Lipinski definition) is 1. The van der Waals surface area contributed by atoms with E-state index in [1.165, 1.54) is 0 Å². The van der Waals surface area contributed by atoms with Crippen molar-refractivity contribution in [3.63, 3.8) is 0 Å². The zero-order valence-corrected chi connectivity index (χ0v) is 15.4. The van der Waals surface area contributed by atoms with E-state index in [1.54, 1.807) is 4.74 Å². The number of hydrogen-bond acceptors (Lipinski definition) is 2. The van der Waals surface area contributed by atoms with Crippen LogP contribution >= 0.6 is 0 Å². The first kappa shape index (κ1) is 29.0. The zero-order valence-electron chi connectivity index (χ0n) is 15.4. The van der Waals surface area contributed by atoms with Crippen molar-refractivity contribution in [3.05, 3.63) is 0 Å². The Morgan fingerprint density at radius 3 is 0.833 bits per heavy atom. The van der Waals surface area contributed by atoms with E-state index in [0.29, 0.717) is 0 Å². The smallest absolute Gasteiger partial charge is 0.290 e. The molecule has 4 saturated carbocycles. The highest BCUT2D eigenvalue weighted by molar-refractivity contribution is 5.56. The third kappa shape index (κ3) is 1.89. The van der Waals surface area contributed by atoms with Gasteiger partial charge in [-0.3, -0.25) is 10.5 Å². The van der Waals surface area contributed by atoms with Crippen molar-refractivity contribution in [1.29, 1.82) is 0 Å². The SMILES string of the molecule is NC(F)(F)C(F)(F)OC1(C(F)(F)F)C2(F)C(F)(F)C3(F)C(F)(F)C(F)(C2(F)F)C(F)(F)C1(F)C3(F)F. The monoisotopic (exact) mass is 587 g/mol. The molecule has 0 aromatic rings. The molecular formula is C13H2F21NO. The Morgan fingerprint density at radius 1 is 0.417 bits per heavy atom.